The molecule has 0 saturated carbocycles. The molecule has 7 nitrogen and oxygen atoms in total. The fourth-order valence-electron chi connectivity index (χ4n) is 3.20. The van der Waals surface area contributed by atoms with Crippen LogP contribution in [0.25, 0.3) is 0 Å². The van der Waals surface area contributed by atoms with E-state index in [-0.39, 0.29) is 11.7 Å². The lowest BCUT2D eigenvalue weighted by atomic mass is 10.1. The number of carboxylic acids is 1. The van der Waals surface area contributed by atoms with Crippen molar-refractivity contribution in [1.29, 1.82) is 0 Å². The van der Waals surface area contributed by atoms with Crippen LogP contribution in [0.1, 0.15) is 29.4 Å². The first kappa shape index (κ1) is 23.3. The first-order valence-corrected chi connectivity index (χ1v) is 10.8. The number of carboxylic acid groups (broad SMARTS) is 1. The molecule has 2 N–H and O–H groups in total. The van der Waals surface area contributed by atoms with E-state index in [9.17, 15) is 9.90 Å². The van der Waals surface area contributed by atoms with Crippen LogP contribution in [0.2, 0.25) is 5.02 Å². The summed E-state index contributed by atoms with van der Waals surface area (Å²) in [5, 5.41) is 13.2. The lowest BCUT2D eigenvalue weighted by Crippen LogP contribution is -2.24. The Hall–Kier alpha value is -3.32. The standard InChI is InChI=1S/C24H27ClN4O3/c1-17(32-22-13-7-6-11-20(22)25)15-26-24-27-16-19(23(30)31)21(28-24)12-8-14-29(2)18-9-4-3-5-10-18/h3-7,9-11,13,16-17H,8,12,14-15H2,1-2H3,(H,30,31)(H,26,27,28). The molecule has 3 aromatic rings. The molecule has 168 valence electrons. The third-order valence-corrected chi connectivity index (χ3v) is 5.23. The molecule has 0 aliphatic heterocycles. The topological polar surface area (TPSA) is 87.6 Å². The molecule has 8 heteroatoms. The van der Waals surface area contributed by atoms with Crippen LogP contribution in [-0.2, 0) is 6.42 Å². The number of para-hydroxylation sites is 2. The van der Waals surface area contributed by atoms with Gasteiger partial charge in [-0.1, -0.05) is 41.9 Å². The minimum atomic E-state index is -1.03. The Bertz CT molecular complexity index is 1030. The van der Waals surface area contributed by atoms with E-state index in [4.69, 9.17) is 16.3 Å². The first-order chi connectivity index (χ1) is 15.4. The van der Waals surface area contributed by atoms with Gasteiger partial charge < -0.3 is 20.1 Å². The summed E-state index contributed by atoms with van der Waals surface area (Å²) >= 11 is 6.13. The number of hydrogen-bond donors (Lipinski definition) is 2. The maximum atomic E-state index is 11.6. The van der Waals surface area contributed by atoms with E-state index < -0.39 is 5.97 Å². The summed E-state index contributed by atoms with van der Waals surface area (Å²) in [6, 6.07) is 17.3. The maximum absolute atomic E-state index is 11.6. The number of nitrogens with zero attached hydrogens (tertiary/aromatic N) is 3. The highest BCUT2D eigenvalue weighted by Crippen LogP contribution is 2.24. The molecule has 3 rings (SSSR count). The van der Waals surface area contributed by atoms with Crippen LogP contribution in [0.15, 0.2) is 60.8 Å². The van der Waals surface area contributed by atoms with Crippen molar-refractivity contribution in [2.75, 3.05) is 30.4 Å². The van der Waals surface area contributed by atoms with E-state index in [2.05, 4.69) is 20.2 Å². The molecule has 0 radical (unpaired) electrons. The summed E-state index contributed by atoms with van der Waals surface area (Å²) in [7, 11) is 2.01. The first-order valence-electron chi connectivity index (χ1n) is 10.4. The summed E-state index contributed by atoms with van der Waals surface area (Å²) in [5.41, 5.74) is 1.75. The van der Waals surface area contributed by atoms with E-state index >= 15 is 0 Å². The quantitative estimate of drug-likeness (QED) is 0.431. The fraction of sp³-hybridized carbons (Fsp3) is 0.292. The summed E-state index contributed by atoms with van der Waals surface area (Å²) in [6.45, 7) is 3.12. The third-order valence-electron chi connectivity index (χ3n) is 4.91. The highest BCUT2D eigenvalue weighted by atomic mass is 35.5. The van der Waals surface area contributed by atoms with E-state index in [0.29, 0.717) is 35.4 Å². The Morgan fingerprint density at radius 3 is 2.62 bits per heavy atom. The van der Waals surface area contributed by atoms with Crippen LogP contribution in [0.5, 0.6) is 5.75 Å². The van der Waals surface area contributed by atoms with Gasteiger partial charge in [0.05, 0.1) is 22.8 Å². The van der Waals surface area contributed by atoms with Crippen molar-refractivity contribution < 1.29 is 14.6 Å². The average molecular weight is 455 g/mol. The molecule has 1 heterocycles. The van der Waals surface area contributed by atoms with E-state index in [1.54, 1.807) is 6.07 Å². The molecule has 0 aliphatic carbocycles. The number of hydrogen-bond acceptors (Lipinski definition) is 6. The Labute approximate surface area is 193 Å². The normalized spacial score (nSPS) is 11.6. The number of anilines is 2. The monoisotopic (exact) mass is 454 g/mol. The van der Waals surface area contributed by atoms with Gasteiger partial charge in [0.25, 0.3) is 0 Å². The molecule has 0 bridgehead atoms. The highest BCUT2D eigenvalue weighted by Gasteiger charge is 2.15. The molecule has 32 heavy (non-hydrogen) atoms. The summed E-state index contributed by atoms with van der Waals surface area (Å²) in [4.78, 5) is 22.4. The fourth-order valence-corrected chi connectivity index (χ4v) is 3.38. The molecular weight excluding hydrogens is 428 g/mol. The van der Waals surface area contributed by atoms with Crippen LogP contribution >= 0.6 is 11.6 Å². The molecule has 2 aromatic carbocycles. The molecule has 1 unspecified atom stereocenters. The van der Waals surface area contributed by atoms with Crippen LogP contribution in [0, 0.1) is 0 Å². The van der Waals surface area contributed by atoms with Gasteiger partial charge >= 0.3 is 5.97 Å². The van der Waals surface area contributed by atoms with Crippen LogP contribution in [0.3, 0.4) is 0 Å². The maximum Gasteiger partial charge on any atom is 0.339 e. The zero-order chi connectivity index (χ0) is 22.9. The Morgan fingerprint density at radius 1 is 1.19 bits per heavy atom. The largest absolute Gasteiger partial charge is 0.487 e. The second-order valence-electron chi connectivity index (χ2n) is 7.46. The number of halogens is 1. The smallest absolute Gasteiger partial charge is 0.339 e. The summed E-state index contributed by atoms with van der Waals surface area (Å²) < 4.78 is 5.84. The van der Waals surface area contributed by atoms with Crippen LogP contribution in [-0.4, -0.2) is 47.3 Å². The van der Waals surface area contributed by atoms with Crippen molar-refractivity contribution in [2.24, 2.45) is 0 Å². The van der Waals surface area contributed by atoms with E-state index in [0.717, 1.165) is 18.7 Å². The van der Waals surface area contributed by atoms with Gasteiger partial charge in [0, 0.05) is 25.5 Å². The van der Waals surface area contributed by atoms with Crippen LogP contribution < -0.4 is 15.0 Å². The average Bonchev–Trinajstić information content (AvgIpc) is 2.79. The zero-order valence-electron chi connectivity index (χ0n) is 18.2. The van der Waals surface area contributed by atoms with Gasteiger partial charge in [-0.3, -0.25) is 0 Å². The number of ether oxygens (including phenoxy) is 1. The minimum absolute atomic E-state index is 0.123. The van der Waals surface area contributed by atoms with E-state index in [1.165, 1.54) is 6.20 Å². The van der Waals surface area contributed by atoms with Crippen molar-refractivity contribution in [2.45, 2.75) is 25.9 Å². The zero-order valence-corrected chi connectivity index (χ0v) is 18.9. The predicted octanol–water partition coefficient (Wildman–Crippen LogP) is 4.78. The number of rotatable bonds is 11. The van der Waals surface area contributed by atoms with Crippen molar-refractivity contribution in [1.82, 2.24) is 9.97 Å². The number of aromatic nitrogens is 2. The van der Waals surface area contributed by atoms with Crippen molar-refractivity contribution >= 4 is 29.2 Å². The minimum Gasteiger partial charge on any atom is -0.487 e. The van der Waals surface area contributed by atoms with Crippen molar-refractivity contribution in [3.05, 3.63) is 77.1 Å². The summed E-state index contributed by atoms with van der Waals surface area (Å²) in [6.07, 6.45) is 2.45. The third kappa shape index (κ3) is 6.59. The number of aromatic carboxylic acids is 1. The van der Waals surface area contributed by atoms with Gasteiger partial charge in [0.1, 0.15) is 11.9 Å². The van der Waals surface area contributed by atoms with Gasteiger partial charge in [0.2, 0.25) is 5.95 Å². The molecule has 0 spiro atoms. The molecule has 1 atom stereocenters. The second-order valence-corrected chi connectivity index (χ2v) is 7.87. The highest BCUT2D eigenvalue weighted by molar-refractivity contribution is 6.32. The lowest BCUT2D eigenvalue weighted by Gasteiger charge is -2.19. The molecule has 0 fully saturated rings. The van der Waals surface area contributed by atoms with Crippen molar-refractivity contribution in [3.8, 4) is 5.75 Å². The Kier molecular flexibility index (Phi) is 8.27. The second kappa shape index (κ2) is 11.3. The molecule has 0 aliphatic rings. The van der Waals surface area contributed by atoms with Crippen LogP contribution in [0.4, 0.5) is 11.6 Å². The molecule has 0 amide bonds. The Balaban J connectivity index is 1.58. The van der Waals surface area contributed by atoms with Gasteiger partial charge in [0.15, 0.2) is 0 Å². The number of nitrogens with one attached hydrogen (secondary N) is 1. The Morgan fingerprint density at radius 2 is 1.91 bits per heavy atom. The van der Waals surface area contributed by atoms with Crippen molar-refractivity contribution in [3.63, 3.8) is 0 Å². The SMILES string of the molecule is CC(CNc1ncc(C(=O)O)c(CCCN(C)c2ccccc2)n1)Oc1ccccc1Cl. The number of aryl methyl sites for hydroxylation is 1. The summed E-state index contributed by atoms with van der Waals surface area (Å²) in [5.74, 6) is -0.0526. The number of benzene rings is 2. The molecule has 0 saturated heterocycles. The lowest BCUT2D eigenvalue weighted by molar-refractivity contribution is 0.0694. The van der Waals surface area contributed by atoms with Gasteiger partial charge in [-0.25, -0.2) is 14.8 Å². The number of carbonyl (C=O) groups is 1. The molecule has 1 aromatic heterocycles. The van der Waals surface area contributed by atoms with Gasteiger partial charge in [-0.15, -0.1) is 0 Å². The molecular formula is C24H27ClN4O3. The van der Waals surface area contributed by atoms with E-state index in [1.807, 2.05) is 62.5 Å². The van der Waals surface area contributed by atoms with Gasteiger partial charge in [-0.05, 0) is 44.0 Å². The van der Waals surface area contributed by atoms with Gasteiger partial charge in [-0.2, -0.15) is 0 Å². The predicted molar refractivity (Wildman–Crippen MR) is 127 cm³/mol.